The first-order valence-electron chi connectivity index (χ1n) is 6.74. The Labute approximate surface area is 112 Å². The fourth-order valence-corrected chi connectivity index (χ4v) is 2.68. The topological polar surface area (TPSA) is 42.1 Å². The van der Waals surface area contributed by atoms with E-state index >= 15 is 0 Å². The quantitative estimate of drug-likeness (QED) is 0.899. The number of rotatable bonds is 2. The lowest BCUT2D eigenvalue weighted by Gasteiger charge is -2.30. The average Bonchev–Trinajstić information content (AvgIpc) is 2.45. The zero-order chi connectivity index (χ0) is 13.2. The number of likely N-dealkylation sites (tertiary alicyclic amines) is 1. The number of pyridine rings is 1. The molecule has 1 aliphatic rings. The van der Waals surface area contributed by atoms with E-state index in [9.17, 15) is 4.39 Å². The summed E-state index contributed by atoms with van der Waals surface area (Å²) in [5, 5.41) is 0.605. The number of halogens is 1. The Bertz CT molecular complexity index is 577. The lowest BCUT2D eigenvalue weighted by Crippen LogP contribution is -2.39. The van der Waals surface area contributed by atoms with E-state index in [0.29, 0.717) is 11.4 Å². The molecule has 1 aromatic heterocycles. The van der Waals surface area contributed by atoms with Crippen LogP contribution in [0.1, 0.15) is 18.4 Å². The first kappa shape index (κ1) is 12.5. The molecule has 0 radical (unpaired) electrons. The highest BCUT2D eigenvalue weighted by molar-refractivity contribution is 5.82. The van der Waals surface area contributed by atoms with Crippen LogP contribution in [0.15, 0.2) is 30.5 Å². The SMILES string of the molecule is NC1CCN(Cc2ccc(F)c3cccnc23)CC1. The first-order chi connectivity index (χ1) is 9.24. The second kappa shape index (κ2) is 5.23. The van der Waals surface area contributed by atoms with Gasteiger partial charge in [-0.3, -0.25) is 9.88 Å². The summed E-state index contributed by atoms with van der Waals surface area (Å²) < 4.78 is 13.7. The highest BCUT2D eigenvalue weighted by Gasteiger charge is 2.17. The summed E-state index contributed by atoms with van der Waals surface area (Å²) in [7, 11) is 0. The molecule has 19 heavy (non-hydrogen) atoms. The van der Waals surface area contributed by atoms with Gasteiger partial charge in [-0.15, -0.1) is 0 Å². The van der Waals surface area contributed by atoms with E-state index in [2.05, 4.69) is 9.88 Å². The number of hydrogen-bond donors (Lipinski definition) is 1. The largest absolute Gasteiger partial charge is 0.328 e. The van der Waals surface area contributed by atoms with E-state index in [-0.39, 0.29) is 5.82 Å². The smallest absolute Gasteiger partial charge is 0.132 e. The molecule has 3 nitrogen and oxygen atoms in total. The third-order valence-corrected chi connectivity index (χ3v) is 3.83. The Morgan fingerprint density at radius 3 is 2.84 bits per heavy atom. The maximum Gasteiger partial charge on any atom is 0.132 e. The van der Waals surface area contributed by atoms with Crippen molar-refractivity contribution >= 4 is 10.9 Å². The molecule has 2 aromatic rings. The molecule has 0 spiro atoms. The summed E-state index contributed by atoms with van der Waals surface area (Å²) in [6.45, 7) is 2.83. The fourth-order valence-electron chi connectivity index (χ4n) is 2.68. The average molecular weight is 259 g/mol. The third kappa shape index (κ3) is 2.60. The Balaban J connectivity index is 1.87. The predicted molar refractivity (Wildman–Crippen MR) is 74.2 cm³/mol. The molecule has 1 aliphatic heterocycles. The van der Waals surface area contributed by atoms with Crippen LogP contribution in [-0.4, -0.2) is 29.0 Å². The Hall–Kier alpha value is -1.52. The highest BCUT2D eigenvalue weighted by atomic mass is 19.1. The van der Waals surface area contributed by atoms with E-state index in [4.69, 9.17) is 5.73 Å². The Kier molecular flexibility index (Phi) is 3.44. The maximum atomic E-state index is 13.7. The van der Waals surface area contributed by atoms with Crippen LogP contribution in [-0.2, 0) is 6.54 Å². The van der Waals surface area contributed by atoms with Crippen LogP contribution in [0.3, 0.4) is 0 Å². The molecule has 1 aromatic carbocycles. The summed E-state index contributed by atoms with van der Waals surface area (Å²) in [5.74, 6) is -0.201. The molecule has 1 saturated heterocycles. The molecule has 0 atom stereocenters. The van der Waals surface area contributed by atoms with Gasteiger partial charge in [-0.05, 0) is 49.7 Å². The van der Waals surface area contributed by atoms with Crippen LogP contribution in [0.4, 0.5) is 4.39 Å². The van der Waals surface area contributed by atoms with Crippen molar-refractivity contribution in [3.05, 3.63) is 41.8 Å². The molecule has 1 fully saturated rings. The Morgan fingerprint density at radius 2 is 2.05 bits per heavy atom. The molecular weight excluding hydrogens is 241 g/mol. The van der Waals surface area contributed by atoms with Gasteiger partial charge in [0.1, 0.15) is 5.82 Å². The molecule has 4 heteroatoms. The molecule has 0 unspecified atom stereocenters. The van der Waals surface area contributed by atoms with E-state index in [1.165, 1.54) is 6.07 Å². The number of benzene rings is 1. The van der Waals surface area contributed by atoms with E-state index in [1.807, 2.05) is 6.07 Å². The van der Waals surface area contributed by atoms with Gasteiger partial charge in [0.2, 0.25) is 0 Å². The van der Waals surface area contributed by atoms with Gasteiger partial charge in [-0.25, -0.2) is 4.39 Å². The molecule has 100 valence electrons. The summed E-state index contributed by atoms with van der Waals surface area (Å²) in [5.41, 5.74) is 7.78. The van der Waals surface area contributed by atoms with Crippen LogP contribution in [0.5, 0.6) is 0 Å². The first-order valence-corrected chi connectivity index (χ1v) is 6.74. The van der Waals surface area contributed by atoms with Gasteiger partial charge in [0.15, 0.2) is 0 Å². The summed E-state index contributed by atoms with van der Waals surface area (Å²) in [6, 6.07) is 7.27. The number of piperidine rings is 1. The van der Waals surface area contributed by atoms with Crippen molar-refractivity contribution in [3.63, 3.8) is 0 Å². The maximum absolute atomic E-state index is 13.7. The van der Waals surface area contributed by atoms with Gasteiger partial charge in [-0.1, -0.05) is 6.07 Å². The minimum absolute atomic E-state index is 0.201. The van der Waals surface area contributed by atoms with E-state index < -0.39 is 0 Å². The number of nitrogens with zero attached hydrogens (tertiary/aromatic N) is 2. The van der Waals surface area contributed by atoms with Crippen molar-refractivity contribution < 1.29 is 4.39 Å². The zero-order valence-corrected chi connectivity index (χ0v) is 10.8. The number of hydrogen-bond acceptors (Lipinski definition) is 3. The summed E-state index contributed by atoms with van der Waals surface area (Å²) in [6.07, 6.45) is 3.79. The number of fused-ring (bicyclic) bond motifs is 1. The third-order valence-electron chi connectivity index (χ3n) is 3.83. The molecule has 0 saturated carbocycles. The van der Waals surface area contributed by atoms with Crippen molar-refractivity contribution in [2.45, 2.75) is 25.4 Å². The number of aromatic nitrogens is 1. The second-order valence-electron chi connectivity index (χ2n) is 5.22. The van der Waals surface area contributed by atoms with Crippen molar-refractivity contribution in [2.75, 3.05) is 13.1 Å². The minimum atomic E-state index is -0.201. The molecule has 0 amide bonds. The monoisotopic (exact) mass is 259 g/mol. The van der Waals surface area contributed by atoms with E-state index in [0.717, 1.165) is 43.6 Å². The summed E-state index contributed by atoms with van der Waals surface area (Å²) in [4.78, 5) is 6.70. The van der Waals surface area contributed by atoms with Crippen LogP contribution in [0.2, 0.25) is 0 Å². The standard InChI is InChI=1S/C15H18FN3/c16-14-4-3-11(15-13(14)2-1-7-18-15)10-19-8-5-12(17)6-9-19/h1-4,7,12H,5-6,8-10,17H2. The second-order valence-corrected chi connectivity index (χ2v) is 5.22. The normalized spacial score (nSPS) is 18.0. The van der Waals surface area contributed by atoms with Crippen molar-refractivity contribution in [3.8, 4) is 0 Å². The van der Waals surface area contributed by atoms with Gasteiger partial charge in [0.05, 0.1) is 5.52 Å². The highest BCUT2D eigenvalue weighted by Crippen LogP contribution is 2.22. The van der Waals surface area contributed by atoms with Gasteiger partial charge >= 0.3 is 0 Å². The van der Waals surface area contributed by atoms with E-state index in [1.54, 1.807) is 18.3 Å². The zero-order valence-electron chi connectivity index (χ0n) is 10.8. The fraction of sp³-hybridized carbons (Fsp3) is 0.400. The van der Waals surface area contributed by atoms with Crippen LogP contribution in [0, 0.1) is 5.82 Å². The van der Waals surface area contributed by atoms with Gasteiger partial charge in [-0.2, -0.15) is 0 Å². The lowest BCUT2D eigenvalue weighted by molar-refractivity contribution is 0.206. The minimum Gasteiger partial charge on any atom is -0.328 e. The molecule has 3 rings (SSSR count). The number of nitrogens with two attached hydrogens (primary N) is 1. The summed E-state index contributed by atoms with van der Waals surface area (Å²) >= 11 is 0. The van der Waals surface area contributed by atoms with Crippen LogP contribution < -0.4 is 5.73 Å². The van der Waals surface area contributed by atoms with Gasteiger partial charge in [0.25, 0.3) is 0 Å². The van der Waals surface area contributed by atoms with Crippen LogP contribution >= 0.6 is 0 Å². The van der Waals surface area contributed by atoms with Gasteiger partial charge < -0.3 is 5.73 Å². The molecule has 0 bridgehead atoms. The van der Waals surface area contributed by atoms with Crippen LogP contribution in [0.25, 0.3) is 10.9 Å². The predicted octanol–water partition coefficient (Wildman–Crippen LogP) is 2.30. The molecule has 2 N–H and O–H groups in total. The van der Waals surface area contributed by atoms with Gasteiger partial charge in [0, 0.05) is 24.2 Å². The molecule has 2 heterocycles. The van der Waals surface area contributed by atoms with Crippen molar-refractivity contribution in [1.82, 2.24) is 9.88 Å². The van der Waals surface area contributed by atoms with Crippen molar-refractivity contribution in [1.29, 1.82) is 0 Å². The van der Waals surface area contributed by atoms with Crippen molar-refractivity contribution in [2.24, 2.45) is 5.73 Å². The lowest BCUT2D eigenvalue weighted by atomic mass is 10.0. The molecule has 0 aliphatic carbocycles. The molecular formula is C15H18FN3. The Morgan fingerprint density at radius 1 is 1.26 bits per heavy atom.